The lowest BCUT2D eigenvalue weighted by atomic mass is 9.90. The number of aromatic amines is 1. The van der Waals surface area contributed by atoms with Crippen molar-refractivity contribution in [2.24, 2.45) is 5.92 Å². The van der Waals surface area contributed by atoms with Crippen molar-refractivity contribution in [2.45, 2.75) is 18.6 Å². The Bertz CT molecular complexity index is 719. The molecule has 20 heavy (non-hydrogen) atoms. The third-order valence-electron chi connectivity index (χ3n) is 3.58. The van der Waals surface area contributed by atoms with E-state index in [0.717, 1.165) is 0 Å². The molecule has 8 nitrogen and oxygen atoms in total. The number of nitrogens with one attached hydrogen (secondary N) is 1. The standard InChI is InChI=1S/C12H15N5O3/c13-12-15-10-9(11(20)16-12)14-5-17(10)7-2-1-6(4-18)8(19)3-7/h1-2,5-8,18-19H,3-4H2,(H3,13,15,16,20)/t6-,7-,8-/m1/s1. The zero-order valence-electron chi connectivity index (χ0n) is 10.6. The largest absolute Gasteiger partial charge is 0.396 e. The number of aromatic nitrogens is 4. The molecule has 0 saturated heterocycles. The summed E-state index contributed by atoms with van der Waals surface area (Å²) in [5.74, 6) is -0.236. The molecule has 0 aliphatic heterocycles. The molecule has 1 aliphatic carbocycles. The van der Waals surface area contributed by atoms with E-state index in [0.29, 0.717) is 12.1 Å². The van der Waals surface area contributed by atoms with Crippen LogP contribution >= 0.6 is 0 Å². The second-order valence-electron chi connectivity index (χ2n) is 4.88. The molecule has 0 spiro atoms. The highest BCUT2D eigenvalue weighted by Crippen LogP contribution is 2.28. The maximum Gasteiger partial charge on any atom is 0.280 e. The fraction of sp³-hybridized carbons (Fsp3) is 0.417. The highest BCUT2D eigenvalue weighted by Gasteiger charge is 2.26. The van der Waals surface area contributed by atoms with Crippen molar-refractivity contribution in [1.29, 1.82) is 0 Å². The Morgan fingerprint density at radius 3 is 3.00 bits per heavy atom. The van der Waals surface area contributed by atoms with E-state index in [1.54, 1.807) is 10.6 Å². The van der Waals surface area contributed by atoms with Crippen molar-refractivity contribution in [1.82, 2.24) is 19.5 Å². The summed E-state index contributed by atoms with van der Waals surface area (Å²) >= 11 is 0. The predicted octanol–water partition coefficient (Wildman–Crippen LogP) is -0.828. The average Bonchev–Trinajstić information content (AvgIpc) is 2.82. The molecule has 2 aromatic heterocycles. The summed E-state index contributed by atoms with van der Waals surface area (Å²) in [6, 6.07) is -0.175. The van der Waals surface area contributed by atoms with Gasteiger partial charge in [-0.3, -0.25) is 9.78 Å². The van der Waals surface area contributed by atoms with E-state index in [1.807, 2.05) is 6.08 Å². The molecular weight excluding hydrogens is 262 g/mol. The van der Waals surface area contributed by atoms with Gasteiger partial charge in [-0.05, 0) is 6.42 Å². The van der Waals surface area contributed by atoms with Crippen molar-refractivity contribution >= 4 is 17.1 Å². The Balaban J connectivity index is 2.06. The third-order valence-corrected chi connectivity index (χ3v) is 3.58. The lowest BCUT2D eigenvalue weighted by Crippen LogP contribution is -2.29. The molecule has 1 aliphatic rings. The van der Waals surface area contributed by atoms with Crippen LogP contribution in [0.15, 0.2) is 23.3 Å². The number of fused-ring (bicyclic) bond motifs is 1. The second-order valence-corrected chi connectivity index (χ2v) is 4.88. The Morgan fingerprint density at radius 1 is 1.50 bits per heavy atom. The molecular formula is C12H15N5O3. The molecule has 5 N–H and O–H groups in total. The van der Waals surface area contributed by atoms with Gasteiger partial charge in [0, 0.05) is 5.92 Å². The minimum absolute atomic E-state index is 0.0258. The molecule has 106 valence electrons. The Morgan fingerprint density at radius 2 is 2.30 bits per heavy atom. The van der Waals surface area contributed by atoms with Crippen molar-refractivity contribution < 1.29 is 10.2 Å². The smallest absolute Gasteiger partial charge is 0.280 e. The lowest BCUT2D eigenvalue weighted by Gasteiger charge is -2.27. The molecule has 3 rings (SSSR count). The Labute approximate surface area is 113 Å². The second kappa shape index (κ2) is 4.73. The quantitative estimate of drug-likeness (QED) is 0.530. The summed E-state index contributed by atoms with van der Waals surface area (Å²) in [4.78, 5) is 22.2. The van der Waals surface area contributed by atoms with E-state index in [-0.39, 0.29) is 35.6 Å². The van der Waals surface area contributed by atoms with Gasteiger partial charge in [0.05, 0.1) is 25.1 Å². The van der Waals surface area contributed by atoms with Crippen molar-refractivity contribution in [3.63, 3.8) is 0 Å². The number of imidazole rings is 1. The topological polar surface area (TPSA) is 130 Å². The maximum absolute atomic E-state index is 11.7. The zero-order chi connectivity index (χ0) is 14.3. The Hall–Kier alpha value is -2.19. The van der Waals surface area contributed by atoms with Gasteiger partial charge in [0.25, 0.3) is 5.56 Å². The lowest BCUT2D eigenvalue weighted by molar-refractivity contribution is 0.0702. The number of allylic oxidation sites excluding steroid dienone is 1. The summed E-state index contributed by atoms with van der Waals surface area (Å²) in [6.45, 7) is -0.0973. The molecule has 0 amide bonds. The molecule has 0 unspecified atom stereocenters. The third kappa shape index (κ3) is 1.98. The predicted molar refractivity (Wildman–Crippen MR) is 71.9 cm³/mol. The van der Waals surface area contributed by atoms with Gasteiger partial charge in [-0.1, -0.05) is 12.2 Å². The number of hydrogen-bond acceptors (Lipinski definition) is 6. The van der Waals surface area contributed by atoms with Crippen molar-refractivity contribution in [3.8, 4) is 0 Å². The van der Waals surface area contributed by atoms with Crippen LogP contribution in [0, 0.1) is 5.92 Å². The van der Waals surface area contributed by atoms with Crippen LogP contribution < -0.4 is 11.3 Å². The summed E-state index contributed by atoms with van der Waals surface area (Å²) in [5, 5.41) is 19.1. The summed E-state index contributed by atoms with van der Waals surface area (Å²) in [7, 11) is 0. The molecule has 3 atom stereocenters. The number of rotatable bonds is 2. The number of aliphatic hydroxyl groups excluding tert-OH is 2. The molecule has 0 fully saturated rings. The highest BCUT2D eigenvalue weighted by atomic mass is 16.3. The summed E-state index contributed by atoms with van der Waals surface area (Å²) in [5.41, 5.74) is 5.75. The molecule has 2 aromatic rings. The fourth-order valence-electron chi connectivity index (χ4n) is 2.47. The van der Waals surface area contributed by atoms with Crippen LogP contribution in [0.2, 0.25) is 0 Å². The zero-order valence-corrected chi connectivity index (χ0v) is 10.6. The first-order valence-corrected chi connectivity index (χ1v) is 6.29. The van der Waals surface area contributed by atoms with E-state index in [9.17, 15) is 9.90 Å². The molecule has 0 bridgehead atoms. The van der Waals surface area contributed by atoms with E-state index in [2.05, 4.69) is 15.0 Å². The minimum atomic E-state index is -0.646. The molecule has 0 aromatic carbocycles. The van der Waals surface area contributed by atoms with Crippen LogP contribution in [0.5, 0.6) is 0 Å². The van der Waals surface area contributed by atoms with Gasteiger partial charge in [-0.2, -0.15) is 4.98 Å². The van der Waals surface area contributed by atoms with Crippen LogP contribution in [0.4, 0.5) is 5.95 Å². The normalized spacial score (nSPS) is 26.2. The summed E-state index contributed by atoms with van der Waals surface area (Å²) < 4.78 is 1.70. The highest BCUT2D eigenvalue weighted by molar-refractivity contribution is 5.70. The number of nitrogen functional groups attached to an aromatic ring is 1. The van der Waals surface area contributed by atoms with Gasteiger partial charge < -0.3 is 20.5 Å². The van der Waals surface area contributed by atoms with E-state index < -0.39 is 6.10 Å². The van der Waals surface area contributed by atoms with Gasteiger partial charge in [-0.15, -0.1) is 0 Å². The van der Waals surface area contributed by atoms with Crippen LogP contribution in [0.25, 0.3) is 11.2 Å². The van der Waals surface area contributed by atoms with Gasteiger partial charge in [0.2, 0.25) is 5.95 Å². The number of anilines is 1. The number of nitrogens with zero attached hydrogens (tertiary/aromatic N) is 3. The minimum Gasteiger partial charge on any atom is -0.396 e. The number of nitrogens with two attached hydrogens (primary N) is 1. The first-order chi connectivity index (χ1) is 9.60. The first-order valence-electron chi connectivity index (χ1n) is 6.29. The van der Waals surface area contributed by atoms with Crippen LogP contribution in [-0.4, -0.2) is 42.4 Å². The van der Waals surface area contributed by atoms with Gasteiger partial charge in [0.15, 0.2) is 11.2 Å². The van der Waals surface area contributed by atoms with Crippen molar-refractivity contribution in [2.75, 3.05) is 12.3 Å². The van der Waals surface area contributed by atoms with Crippen molar-refractivity contribution in [3.05, 3.63) is 28.8 Å². The first kappa shape index (κ1) is 12.8. The monoisotopic (exact) mass is 277 g/mol. The van der Waals surface area contributed by atoms with E-state index in [4.69, 9.17) is 10.8 Å². The van der Waals surface area contributed by atoms with E-state index in [1.165, 1.54) is 6.33 Å². The fourth-order valence-corrected chi connectivity index (χ4v) is 2.47. The van der Waals surface area contributed by atoms with Gasteiger partial charge in [0.1, 0.15) is 0 Å². The maximum atomic E-state index is 11.7. The van der Waals surface area contributed by atoms with E-state index >= 15 is 0 Å². The number of hydrogen-bond donors (Lipinski definition) is 4. The SMILES string of the molecule is Nc1nc2c(ncn2[C@@H]2C=C[C@H](CO)[C@H](O)C2)c(=O)[nH]1. The van der Waals surface area contributed by atoms with Crippen LogP contribution in [-0.2, 0) is 0 Å². The summed E-state index contributed by atoms with van der Waals surface area (Å²) in [6.07, 6.45) is 4.91. The molecule has 0 radical (unpaired) electrons. The van der Waals surface area contributed by atoms with Crippen LogP contribution in [0.1, 0.15) is 12.5 Å². The Kier molecular flexibility index (Phi) is 3.03. The van der Waals surface area contributed by atoms with Crippen LogP contribution in [0.3, 0.4) is 0 Å². The molecule has 2 heterocycles. The number of aliphatic hydroxyl groups is 2. The van der Waals surface area contributed by atoms with Gasteiger partial charge >= 0.3 is 0 Å². The molecule has 0 saturated carbocycles. The number of H-pyrrole nitrogens is 1. The average molecular weight is 277 g/mol. The molecule has 8 heteroatoms. The van der Waals surface area contributed by atoms with Gasteiger partial charge in [-0.25, -0.2) is 4.98 Å².